The summed E-state index contributed by atoms with van der Waals surface area (Å²) in [5, 5.41) is 0. The van der Waals surface area contributed by atoms with Gasteiger partial charge in [0.15, 0.2) is 0 Å². The van der Waals surface area contributed by atoms with Crippen LogP contribution in [0.15, 0.2) is 78.4 Å². The summed E-state index contributed by atoms with van der Waals surface area (Å²) in [6.07, 6.45) is 9.24. The van der Waals surface area contributed by atoms with Crippen molar-refractivity contribution in [3.8, 4) is 11.1 Å². The average Bonchev–Trinajstić information content (AvgIpc) is 3.46. The molecule has 5 rings (SSSR count). The number of halogens is 2. The Bertz CT molecular complexity index is 1390. The minimum absolute atomic E-state index is 0.140. The van der Waals surface area contributed by atoms with Gasteiger partial charge in [0.25, 0.3) is 0 Å². The van der Waals surface area contributed by atoms with E-state index in [9.17, 15) is 0 Å². The molecule has 2 aliphatic rings. The first-order chi connectivity index (χ1) is 17.5. The van der Waals surface area contributed by atoms with Crippen LogP contribution in [0.5, 0.6) is 0 Å². The quantitative estimate of drug-likeness (QED) is 0.239. The number of rotatable bonds is 6. The summed E-state index contributed by atoms with van der Waals surface area (Å²) in [5.41, 5.74) is 10.9. The zero-order chi connectivity index (χ0) is 26.6. The van der Waals surface area contributed by atoms with E-state index in [1.54, 1.807) is 0 Å². The fourth-order valence-corrected chi connectivity index (χ4v) is 36.1. The van der Waals surface area contributed by atoms with Crippen molar-refractivity contribution in [3.63, 3.8) is 0 Å². The molecule has 0 radical (unpaired) electrons. The summed E-state index contributed by atoms with van der Waals surface area (Å²) in [6.45, 7) is 13.9. The third-order valence-corrected chi connectivity index (χ3v) is 60.8. The summed E-state index contributed by atoms with van der Waals surface area (Å²) in [6, 6.07) is 24.7. The van der Waals surface area contributed by atoms with E-state index < -0.39 is 21.5 Å². The van der Waals surface area contributed by atoms with Gasteiger partial charge in [-0.2, -0.15) is 0 Å². The monoisotopic (exact) mass is 623 g/mol. The number of fused-ring (bicyclic) bond motifs is 2. The van der Waals surface area contributed by atoms with Crippen LogP contribution in [0.1, 0.15) is 75.6 Å². The molecule has 0 heterocycles. The van der Waals surface area contributed by atoms with Gasteiger partial charge in [-0.25, -0.2) is 0 Å². The van der Waals surface area contributed by atoms with Gasteiger partial charge in [-0.3, -0.25) is 0 Å². The molecule has 3 aromatic rings. The predicted molar refractivity (Wildman–Crippen MR) is 165 cm³/mol. The molecule has 0 N–H and O–H groups in total. The molecule has 2 unspecified atom stereocenters. The van der Waals surface area contributed by atoms with Gasteiger partial charge < -0.3 is 0 Å². The van der Waals surface area contributed by atoms with Crippen LogP contribution in [-0.2, 0) is 21.0 Å². The molecule has 0 spiro atoms. The molecule has 3 aromatic carbocycles. The number of hydrogen-bond donors (Lipinski definition) is 0. The fraction of sp³-hybridized carbons (Fsp3) is 0.333. The zero-order valence-electron chi connectivity index (χ0n) is 23.0. The third-order valence-electron chi connectivity index (χ3n) is 8.80. The van der Waals surface area contributed by atoms with E-state index in [-0.39, 0.29) is 12.7 Å². The van der Waals surface area contributed by atoms with Crippen molar-refractivity contribution in [2.45, 2.75) is 66.3 Å². The van der Waals surface area contributed by atoms with Crippen LogP contribution >= 0.6 is 17.0 Å². The van der Waals surface area contributed by atoms with Crippen LogP contribution in [0.25, 0.3) is 23.3 Å². The van der Waals surface area contributed by atoms with E-state index in [1.165, 1.54) is 44.5 Å². The maximum atomic E-state index is 8.24. The number of hydrogen-bond acceptors (Lipinski definition) is 0. The van der Waals surface area contributed by atoms with Crippen molar-refractivity contribution in [1.29, 1.82) is 0 Å². The molecule has 193 valence electrons. The summed E-state index contributed by atoms with van der Waals surface area (Å²) in [5.74, 6) is -1.47. The Hall–Kier alpha value is -1.18. The third kappa shape index (κ3) is 4.45. The molecule has 0 saturated carbocycles. The van der Waals surface area contributed by atoms with Crippen LogP contribution < -0.4 is 0 Å². The van der Waals surface area contributed by atoms with E-state index in [4.69, 9.17) is 17.0 Å². The predicted octanol–water partition coefficient (Wildman–Crippen LogP) is 10.6. The van der Waals surface area contributed by atoms with E-state index >= 15 is 0 Å². The Morgan fingerprint density at radius 3 is 2.19 bits per heavy atom. The normalized spacial score (nSPS) is 19.9. The second-order valence-corrected chi connectivity index (χ2v) is 55.0. The SMILES string of the molecule is CCCC1=Cc2c(-c3ccc(C(C)(C)C)cc3)cccc2[CH]1[Zr]([Cl])([Cl])([CH]1C=Cc2ccccc21)[SiH](C)C. The summed E-state index contributed by atoms with van der Waals surface area (Å²) >= 11 is -4.51. The van der Waals surface area contributed by atoms with E-state index in [1.807, 2.05) is 0 Å². The van der Waals surface area contributed by atoms with Crippen molar-refractivity contribution in [2.75, 3.05) is 0 Å². The zero-order valence-corrected chi connectivity index (χ0v) is 28.1. The average molecular weight is 626 g/mol. The van der Waals surface area contributed by atoms with Crippen LogP contribution in [0.3, 0.4) is 0 Å². The Morgan fingerprint density at radius 1 is 0.865 bits per heavy atom. The minimum atomic E-state index is -4.51. The first-order valence-electron chi connectivity index (χ1n) is 13.8. The van der Waals surface area contributed by atoms with E-state index in [2.05, 4.69) is 126 Å². The molecule has 2 atom stereocenters. The second kappa shape index (κ2) is 9.78. The molecule has 0 amide bonds. The Kier molecular flexibility index (Phi) is 7.24. The molecule has 0 saturated heterocycles. The molecule has 2 aliphatic carbocycles. The van der Waals surface area contributed by atoms with Gasteiger partial charge in [-0.1, -0.05) is 0 Å². The second-order valence-electron chi connectivity index (χ2n) is 12.4. The molecule has 37 heavy (non-hydrogen) atoms. The van der Waals surface area contributed by atoms with Crippen molar-refractivity contribution in [3.05, 3.63) is 106 Å². The summed E-state index contributed by atoms with van der Waals surface area (Å²) in [4.78, 5) is 0. The van der Waals surface area contributed by atoms with Crippen molar-refractivity contribution < 1.29 is 15.6 Å². The van der Waals surface area contributed by atoms with Crippen LogP contribution in [0, 0.1) is 0 Å². The summed E-state index contributed by atoms with van der Waals surface area (Å²) in [7, 11) is 16.5. The topological polar surface area (TPSA) is 0 Å². The van der Waals surface area contributed by atoms with Gasteiger partial charge in [-0.05, 0) is 0 Å². The van der Waals surface area contributed by atoms with E-state index in [0.717, 1.165) is 12.8 Å². The van der Waals surface area contributed by atoms with Gasteiger partial charge in [0, 0.05) is 0 Å². The Labute approximate surface area is 232 Å². The first-order valence-corrected chi connectivity index (χ1v) is 30.1. The van der Waals surface area contributed by atoms with Gasteiger partial charge in [-0.15, -0.1) is 0 Å². The number of benzene rings is 3. The van der Waals surface area contributed by atoms with Crippen LogP contribution in [0.4, 0.5) is 0 Å². The van der Waals surface area contributed by atoms with Crippen LogP contribution in [-0.4, -0.2) is 5.92 Å². The molecule has 0 nitrogen and oxygen atoms in total. The Morgan fingerprint density at radius 2 is 1.54 bits per heavy atom. The van der Waals surface area contributed by atoms with Crippen molar-refractivity contribution >= 4 is 35.1 Å². The van der Waals surface area contributed by atoms with Gasteiger partial charge in [0.1, 0.15) is 0 Å². The number of allylic oxidation sites excluding steroid dienone is 2. The molecule has 0 fully saturated rings. The molecule has 0 aromatic heterocycles. The molecular formula is C33H39Cl2SiZr. The fourth-order valence-electron chi connectivity index (χ4n) is 6.62. The molecule has 0 bridgehead atoms. The Balaban J connectivity index is 1.69. The standard InChI is InChI=1S/C22H25.C9H7.C2H7Si.2ClH.Zr/c1-5-7-16-14-18-8-6-9-20(21(18)15-16)17-10-12-19(13-11-17)22(2,3)4;1-2-5-9-7-3-6-8(9)4-1;1-3-2;;;/h6,8-15H,5,7H2,1-4H3;1-7H;3H,1-2H3;2*1H;/q;;;;;+2/p-2. The molecular weight excluding hydrogens is 587 g/mol. The molecule has 0 aliphatic heterocycles. The first kappa shape index (κ1) is 27.4. The maximum absolute atomic E-state index is 8.24. The molecule has 4 heteroatoms. The van der Waals surface area contributed by atoms with Gasteiger partial charge >= 0.3 is 234 Å². The van der Waals surface area contributed by atoms with Crippen LogP contribution in [0.2, 0.25) is 13.1 Å². The van der Waals surface area contributed by atoms with E-state index in [0.29, 0.717) is 0 Å². The summed E-state index contributed by atoms with van der Waals surface area (Å²) < 4.78 is 0.333. The van der Waals surface area contributed by atoms with Gasteiger partial charge in [0.05, 0.1) is 0 Å². The van der Waals surface area contributed by atoms with Crippen molar-refractivity contribution in [2.24, 2.45) is 0 Å². The van der Waals surface area contributed by atoms with Crippen molar-refractivity contribution in [1.82, 2.24) is 0 Å². The van der Waals surface area contributed by atoms with Gasteiger partial charge in [0.2, 0.25) is 0 Å².